The lowest BCUT2D eigenvalue weighted by Crippen LogP contribution is -2.31. The topological polar surface area (TPSA) is 66.5 Å². The molecule has 1 aliphatic carbocycles. The molecule has 3 nitrogen and oxygen atoms in total. The molecule has 1 saturated carbocycles. The summed E-state index contributed by atoms with van der Waals surface area (Å²) >= 11 is 0. The molecule has 1 aliphatic rings. The molecule has 0 spiro atoms. The number of nitrogens with two attached hydrogens (primary N) is 1. The van der Waals surface area contributed by atoms with Crippen molar-refractivity contribution in [2.75, 3.05) is 13.2 Å². The fourth-order valence-electron chi connectivity index (χ4n) is 2.83. The maximum Gasteiger partial charge on any atom is 0.102 e. The van der Waals surface area contributed by atoms with Crippen molar-refractivity contribution < 1.29 is 10.2 Å². The molecule has 2 rings (SSSR count). The van der Waals surface area contributed by atoms with Gasteiger partial charge >= 0.3 is 0 Å². The van der Waals surface area contributed by atoms with Gasteiger partial charge in [-0.05, 0) is 24.0 Å². The van der Waals surface area contributed by atoms with E-state index in [0.717, 1.165) is 18.4 Å². The molecule has 94 valence electrons. The largest absolute Gasteiger partial charge is 0.393 e. The van der Waals surface area contributed by atoms with Crippen molar-refractivity contribution in [3.05, 3.63) is 35.4 Å². The molecule has 0 bridgehead atoms. The molecule has 1 aromatic rings. The normalized spacial score (nSPS) is 20.4. The van der Waals surface area contributed by atoms with Crippen LogP contribution in [0.5, 0.6) is 0 Å². The molecule has 1 fully saturated rings. The van der Waals surface area contributed by atoms with Gasteiger partial charge < -0.3 is 15.9 Å². The van der Waals surface area contributed by atoms with Crippen molar-refractivity contribution in [1.82, 2.24) is 0 Å². The maximum atomic E-state index is 9.53. The molecule has 0 heterocycles. The van der Waals surface area contributed by atoms with Crippen LogP contribution in [-0.4, -0.2) is 23.4 Å². The molecule has 1 unspecified atom stereocenters. The van der Waals surface area contributed by atoms with Crippen LogP contribution in [0.25, 0.3) is 0 Å². The van der Waals surface area contributed by atoms with E-state index >= 15 is 0 Å². The third kappa shape index (κ3) is 2.37. The van der Waals surface area contributed by atoms with Gasteiger partial charge in [-0.3, -0.25) is 0 Å². The number of aliphatic hydroxyl groups is 2. The second kappa shape index (κ2) is 5.17. The third-order valence-corrected chi connectivity index (χ3v) is 4.03. The lowest BCUT2D eigenvalue weighted by atomic mass is 9.78. The Kier molecular flexibility index (Phi) is 3.82. The molecule has 0 aliphatic heterocycles. The van der Waals surface area contributed by atoms with Crippen molar-refractivity contribution in [2.24, 2.45) is 5.73 Å². The number of hydrogen-bond acceptors (Lipinski definition) is 3. The molecule has 0 radical (unpaired) electrons. The molecule has 0 amide bonds. The van der Waals surface area contributed by atoms with Crippen LogP contribution in [0.1, 0.15) is 42.9 Å². The Labute approximate surface area is 102 Å². The second-order valence-electron chi connectivity index (χ2n) is 5.01. The van der Waals surface area contributed by atoms with Crippen LogP contribution in [0.15, 0.2) is 24.3 Å². The van der Waals surface area contributed by atoms with Crippen molar-refractivity contribution in [2.45, 2.75) is 37.2 Å². The van der Waals surface area contributed by atoms with E-state index in [0.29, 0.717) is 6.54 Å². The summed E-state index contributed by atoms with van der Waals surface area (Å²) in [4.78, 5) is 0. The van der Waals surface area contributed by atoms with Crippen LogP contribution in [0.3, 0.4) is 0 Å². The Morgan fingerprint density at radius 2 is 1.76 bits per heavy atom. The van der Waals surface area contributed by atoms with Crippen molar-refractivity contribution in [3.63, 3.8) is 0 Å². The summed E-state index contributed by atoms with van der Waals surface area (Å²) in [6.45, 7) is 0.455. The Hall–Kier alpha value is -0.900. The van der Waals surface area contributed by atoms with E-state index in [9.17, 15) is 5.11 Å². The fourth-order valence-corrected chi connectivity index (χ4v) is 2.83. The Balaban J connectivity index is 2.22. The molecular weight excluding hydrogens is 214 g/mol. The van der Waals surface area contributed by atoms with Crippen LogP contribution in [0.4, 0.5) is 0 Å². The van der Waals surface area contributed by atoms with Gasteiger partial charge in [0.25, 0.3) is 0 Å². The lowest BCUT2D eigenvalue weighted by Gasteiger charge is -2.28. The predicted octanol–water partition coefficient (Wildman–Crippen LogP) is 1.48. The van der Waals surface area contributed by atoms with E-state index in [2.05, 4.69) is 0 Å². The average Bonchev–Trinajstić information content (AvgIpc) is 2.88. The number of aliphatic hydroxyl groups excluding tert-OH is 2. The van der Waals surface area contributed by atoms with Crippen molar-refractivity contribution in [1.29, 1.82) is 0 Å². The summed E-state index contributed by atoms with van der Waals surface area (Å²) in [6.07, 6.45) is 4.04. The van der Waals surface area contributed by atoms with Gasteiger partial charge in [0.1, 0.15) is 6.10 Å². The molecule has 3 heteroatoms. The zero-order valence-corrected chi connectivity index (χ0v) is 10.1. The van der Waals surface area contributed by atoms with Gasteiger partial charge in [0.15, 0.2) is 0 Å². The first-order chi connectivity index (χ1) is 8.22. The second-order valence-corrected chi connectivity index (χ2v) is 5.01. The van der Waals surface area contributed by atoms with Gasteiger partial charge in [0.05, 0.1) is 6.61 Å². The highest BCUT2D eigenvalue weighted by atomic mass is 16.3. The van der Waals surface area contributed by atoms with E-state index in [1.165, 1.54) is 18.4 Å². The minimum atomic E-state index is -0.776. The molecule has 1 atom stereocenters. The molecular formula is C14H21NO2. The monoisotopic (exact) mass is 235 g/mol. The van der Waals surface area contributed by atoms with Gasteiger partial charge in [-0.2, -0.15) is 0 Å². The average molecular weight is 235 g/mol. The van der Waals surface area contributed by atoms with E-state index in [1.54, 1.807) is 0 Å². The summed E-state index contributed by atoms with van der Waals surface area (Å²) in [7, 11) is 0. The Bertz CT molecular complexity index is 355. The predicted molar refractivity (Wildman–Crippen MR) is 67.7 cm³/mol. The summed E-state index contributed by atoms with van der Waals surface area (Å²) in [5.41, 5.74) is 8.11. The quantitative estimate of drug-likeness (QED) is 0.740. The highest BCUT2D eigenvalue weighted by molar-refractivity contribution is 5.31. The highest BCUT2D eigenvalue weighted by Gasteiger charge is 2.34. The number of rotatable bonds is 4. The Morgan fingerprint density at radius 1 is 1.18 bits per heavy atom. The smallest absolute Gasteiger partial charge is 0.102 e. The Morgan fingerprint density at radius 3 is 2.24 bits per heavy atom. The van der Waals surface area contributed by atoms with Gasteiger partial charge in [-0.1, -0.05) is 37.1 Å². The maximum absolute atomic E-state index is 9.53. The van der Waals surface area contributed by atoms with Crippen LogP contribution < -0.4 is 5.73 Å². The third-order valence-electron chi connectivity index (χ3n) is 4.03. The van der Waals surface area contributed by atoms with Gasteiger partial charge in [0, 0.05) is 12.0 Å². The summed E-state index contributed by atoms with van der Waals surface area (Å²) in [5.74, 6) is 0. The minimum absolute atomic E-state index is 0.142. The number of hydrogen-bond donors (Lipinski definition) is 3. The van der Waals surface area contributed by atoms with Crippen molar-refractivity contribution >= 4 is 0 Å². The minimum Gasteiger partial charge on any atom is -0.393 e. The zero-order valence-electron chi connectivity index (χ0n) is 10.1. The highest BCUT2D eigenvalue weighted by Crippen LogP contribution is 2.40. The molecule has 4 N–H and O–H groups in total. The van der Waals surface area contributed by atoms with Crippen LogP contribution >= 0.6 is 0 Å². The van der Waals surface area contributed by atoms with Gasteiger partial charge in [-0.25, -0.2) is 0 Å². The number of benzene rings is 1. The van der Waals surface area contributed by atoms with Crippen molar-refractivity contribution in [3.8, 4) is 0 Å². The van der Waals surface area contributed by atoms with Gasteiger partial charge in [0.2, 0.25) is 0 Å². The van der Waals surface area contributed by atoms with E-state index < -0.39 is 6.10 Å². The zero-order chi connectivity index (χ0) is 12.3. The van der Waals surface area contributed by atoms with Crippen LogP contribution in [-0.2, 0) is 5.41 Å². The standard InChI is InChI=1S/C14H21NO2/c15-10-14(7-1-2-8-14)12-5-3-11(4-6-12)13(17)9-16/h3-6,13,16-17H,1-2,7-10,15H2. The summed E-state index contributed by atoms with van der Waals surface area (Å²) in [6, 6.07) is 7.89. The van der Waals surface area contributed by atoms with E-state index in [4.69, 9.17) is 10.8 Å². The molecule has 0 saturated heterocycles. The van der Waals surface area contributed by atoms with E-state index in [-0.39, 0.29) is 12.0 Å². The first-order valence-electron chi connectivity index (χ1n) is 6.31. The molecule has 0 aromatic heterocycles. The SMILES string of the molecule is NCC1(c2ccc(C(O)CO)cc2)CCCC1. The molecule has 17 heavy (non-hydrogen) atoms. The van der Waals surface area contributed by atoms with Gasteiger partial charge in [-0.15, -0.1) is 0 Å². The van der Waals surface area contributed by atoms with E-state index in [1.807, 2.05) is 24.3 Å². The first kappa shape index (κ1) is 12.6. The summed E-state index contributed by atoms with van der Waals surface area (Å²) < 4.78 is 0. The molecule has 1 aromatic carbocycles. The fraction of sp³-hybridized carbons (Fsp3) is 0.571. The van der Waals surface area contributed by atoms with Crippen LogP contribution in [0.2, 0.25) is 0 Å². The lowest BCUT2D eigenvalue weighted by molar-refractivity contribution is 0.0956. The first-order valence-corrected chi connectivity index (χ1v) is 6.31. The van der Waals surface area contributed by atoms with Crippen LogP contribution in [0, 0.1) is 0 Å². The summed E-state index contributed by atoms with van der Waals surface area (Å²) in [5, 5.41) is 18.4.